The highest BCUT2D eigenvalue weighted by molar-refractivity contribution is 5.18. The van der Waals surface area contributed by atoms with Crippen molar-refractivity contribution in [3.8, 4) is 0 Å². The van der Waals surface area contributed by atoms with Crippen LogP contribution in [-0.2, 0) is 4.74 Å². The smallest absolute Gasteiger partial charge is 0.108 e. The van der Waals surface area contributed by atoms with Gasteiger partial charge in [0.2, 0.25) is 0 Å². The lowest BCUT2D eigenvalue weighted by atomic mass is 10.00. The van der Waals surface area contributed by atoms with Gasteiger partial charge in [-0.25, -0.2) is 0 Å². The van der Waals surface area contributed by atoms with Crippen molar-refractivity contribution in [2.45, 2.75) is 38.4 Å². The minimum atomic E-state index is -0.447. The van der Waals surface area contributed by atoms with E-state index in [1.165, 1.54) is 0 Å². The Balaban J connectivity index is 2.61. The number of aliphatic hydroxyl groups is 1. The van der Waals surface area contributed by atoms with Gasteiger partial charge in [0.15, 0.2) is 0 Å². The van der Waals surface area contributed by atoms with Crippen LogP contribution in [-0.4, -0.2) is 17.8 Å². The Morgan fingerprint density at radius 3 is 2.65 bits per heavy atom. The van der Waals surface area contributed by atoms with Crippen molar-refractivity contribution in [3.05, 3.63) is 48.6 Å². The summed E-state index contributed by atoms with van der Waals surface area (Å²) in [7, 11) is 0. The largest absolute Gasteiger partial charge is 0.390 e. The van der Waals surface area contributed by atoms with Crippen LogP contribution in [0.15, 0.2) is 43.0 Å². The number of aliphatic hydroxyl groups excluding tert-OH is 1. The summed E-state index contributed by atoms with van der Waals surface area (Å²) in [5.41, 5.74) is 1.04. The lowest BCUT2D eigenvalue weighted by molar-refractivity contribution is -0.0383. The standard InChI is InChI=1S/C15H22O2/c1-3-5-7-12-14(16)15(17-4-2)13-10-8-6-9-11-13/h3,6,8-11,14-16H,1,4-5,7,12H2,2H3. The highest BCUT2D eigenvalue weighted by Gasteiger charge is 2.20. The van der Waals surface area contributed by atoms with Crippen molar-refractivity contribution in [1.29, 1.82) is 0 Å². The van der Waals surface area contributed by atoms with Crippen LogP contribution in [0.5, 0.6) is 0 Å². The van der Waals surface area contributed by atoms with E-state index in [2.05, 4.69) is 6.58 Å². The molecule has 2 unspecified atom stereocenters. The summed E-state index contributed by atoms with van der Waals surface area (Å²) in [4.78, 5) is 0. The van der Waals surface area contributed by atoms with Gasteiger partial charge in [-0.1, -0.05) is 36.4 Å². The van der Waals surface area contributed by atoms with Crippen LogP contribution >= 0.6 is 0 Å². The Kier molecular flexibility index (Phi) is 6.60. The fourth-order valence-electron chi connectivity index (χ4n) is 1.87. The van der Waals surface area contributed by atoms with Gasteiger partial charge in [-0.05, 0) is 31.7 Å². The maximum atomic E-state index is 10.2. The molecule has 2 atom stereocenters. The fraction of sp³-hybridized carbons (Fsp3) is 0.467. The molecule has 0 amide bonds. The van der Waals surface area contributed by atoms with E-state index < -0.39 is 6.10 Å². The highest BCUT2D eigenvalue weighted by atomic mass is 16.5. The van der Waals surface area contributed by atoms with Gasteiger partial charge in [-0.3, -0.25) is 0 Å². The molecular weight excluding hydrogens is 212 g/mol. The molecule has 0 bridgehead atoms. The molecule has 0 aromatic heterocycles. The van der Waals surface area contributed by atoms with Gasteiger partial charge in [0.1, 0.15) is 6.10 Å². The van der Waals surface area contributed by atoms with Gasteiger partial charge in [0.05, 0.1) is 6.10 Å². The fourth-order valence-corrected chi connectivity index (χ4v) is 1.87. The summed E-state index contributed by atoms with van der Waals surface area (Å²) in [6.07, 6.45) is 3.84. The highest BCUT2D eigenvalue weighted by Crippen LogP contribution is 2.24. The summed E-state index contributed by atoms with van der Waals surface area (Å²) in [6, 6.07) is 9.90. The van der Waals surface area contributed by atoms with Crippen molar-refractivity contribution < 1.29 is 9.84 Å². The molecule has 2 nitrogen and oxygen atoms in total. The maximum absolute atomic E-state index is 10.2. The van der Waals surface area contributed by atoms with E-state index in [0.717, 1.165) is 24.8 Å². The second-order valence-electron chi connectivity index (χ2n) is 4.07. The zero-order chi connectivity index (χ0) is 12.5. The number of allylic oxidation sites excluding steroid dienone is 1. The predicted molar refractivity (Wildman–Crippen MR) is 70.9 cm³/mol. The molecule has 0 saturated carbocycles. The van der Waals surface area contributed by atoms with E-state index in [1.54, 1.807) is 0 Å². The van der Waals surface area contributed by atoms with E-state index in [9.17, 15) is 5.11 Å². The van der Waals surface area contributed by atoms with Gasteiger partial charge in [0.25, 0.3) is 0 Å². The molecule has 2 heteroatoms. The Morgan fingerprint density at radius 2 is 2.06 bits per heavy atom. The molecule has 94 valence electrons. The normalized spacial score (nSPS) is 14.2. The molecule has 0 aliphatic carbocycles. The number of benzene rings is 1. The van der Waals surface area contributed by atoms with Crippen LogP contribution in [0, 0.1) is 0 Å². The molecule has 0 radical (unpaired) electrons. The van der Waals surface area contributed by atoms with E-state index in [-0.39, 0.29) is 6.10 Å². The third-order valence-corrected chi connectivity index (χ3v) is 2.73. The molecule has 0 saturated heterocycles. The van der Waals surface area contributed by atoms with Gasteiger partial charge >= 0.3 is 0 Å². The third kappa shape index (κ3) is 4.72. The van der Waals surface area contributed by atoms with Crippen LogP contribution in [0.4, 0.5) is 0 Å². The molecule has 0 heterocycles. The van der Waals surface area contributed by atoms with E-state index in [1.807, 2.05) is 43.3 Å². The summed E-state index contributed by atoms with van der Waals surface area (Å²) in [5.74, 6) is 0. The Morgan fingerprint density at radius 1 is 1.35 bits per heavy atom. The molecule has 1 rings (SSSR count). The number of hydrogen-bond acceptors (Lipinski definition) is 2. The Labute approximate surface area is 104 Å². The average Bonchev–Trinajstić information content (AvgIpc) is 2.37. The molecule has 1 aromatic rings. The molecule has 1 aromatic carbocycles. The summed E-state index contributed by atoms with van der Waals surface area (Å²) < 4.78 is 5.64. The summed E-state index contributed by atoms with van der Waals surface area (Å²) in [6.45, 7) is 6.24. The number of hydrogen-bond donors (Lipinski definition) is 1. The first kappa shape index (κ1) is 13.9. The van der Waals surface area contributed by atoms with E-state index in [0.29, 0.717) is 6.61 Å². The first-order valence-electron chi connectivity index (χ1n) is 6.25. The first-order chi connectivity index (χ1) is 8.29. The van der Waals surface area contributed by atoms with Gasteiger partial charge in [-0.2, -0.15) is 0 Å². The van der Waals surface area contributed by atoms with Crippen molar-refractivity contribution in [1.82, 2.24) is 0 Å². The summed E-state index contributed by atoms with van der Waals surface area (Å²) in [5, 5.41) is 10.2. The van der Waals surface area contributed by atoms with E-state index >= 15 is 0 Å². The zero-order valence-electron chi connectivity index (χ0n) is 10.5. The SMILES string of the molecule is C=CCCCC(O)C(OCC)c1ccccc1. The van der Waals surface area contributed by atoms with Crippen molar-refractivity contribution in [3.63, 3.8) is 0 Å². The number of unbranched alkanes of at least 4 members (excludes halogenated alkanes) is 1. The van der Waals surface area contributed by atoms with Crippen LogP contribution in [0.25, 0.3) is 0 Å². The van der Waals surface area contributed by atoms with Gasteiger partial charge < -0.3 is 9.84 Å². The summed E-state index contributed by atoms with van der Waals surface area (Å²) >= 11 is 0. The second-order valence-corrected chi connectivity index (χ2v) is 4.07. The van der Waals surface area contributed by atoms with Crippen LogP contribution in [0.1, 0.15) is 37.9 Å². The topological polar surface area (TPSA) is 29.5 Å². The molecule has 0 aliphatic rings. The quantitative estimate of drug-likeness (QED) is 0.551. The van der Waals surface area contributed by atoms with Crippen molar-refractivity contribution in [2.75, 3.05) is 6.61 Å². The second kappa shape index (κ2) is 8.04. The van der Waals surface area contributed by atoms with Crippen molar-refractivity contribution in [2.24, 2.45) is 0 Å². The predicted octanol–water partition coefficient (Wildman–Crippen LogP) is 3.48. The van der Waals surface area contributed by atoms with E-state index in [4.69, 9.17) is 4.74 Å². The zero-order valence-corrected chi connectivity index (χ0v) is 10.5. The van der Waals surface area contributed by atoms with Crippen LogP contribution in [0.3, 0.4) is 0 Å². The van der Waals surface area contributed by atoms with Crippen LogP contribution < -0.4 is 0 Å². The Hall–Kier alpha value is -1.12. The minimum absolute atomic E-state index is 0.217. The lowest BCUT2D eigenvalue weighted by Crippen LogP contribution is -2.21. The molecule has 0 aliphatic heterocycles. The molecule has 1 N–H and O–H groups in total. The Bertz CT molecular complexity index is 308. The molecule has 17 heavy (non-hydrogen) atoms. The maximum Gasteiger partial charge on any atom is 0.108 e. The molecule has 0 fully saturated rings. The molecular formula is C15H22O2. The number of rotatable bonds is 8. The third-order valence-electron chi connectivity index (χ3n) is 2.73. The van der Waals surface area contributed by atoms with Crippen molar-refractivity contribution >= 4 is 0 Å². The van der Waals surface area contributed by atoms with Gasteiger partial charge in [-0.15, -0.1) is 6.58 Å². The average molecular weight is 234 g/mol. The monoisotopic (exact) mass is 234 g/mol. The number of ether oxygens (including phenoxy) is 1. The lowest BCUT2D eigenvalue weighted by Gasteiger charge is -2.23. The van der Waals surface area contributed by atoms with Crippen LogP contribution in [0.2, 0.25) is 0 Å². The minimum Gasteiger partial charge on any atom is -0.390 e. The van der Waals surface area contributed by atoms with Gasteiger partial charge in [0, 0.05) is 6.61 Å². The first-order valence-corrected chi connectivity index (χ1v) is 6.25. The molecule has 0 spiro atoms.